The maximum absolute atomic E-state index is 5.82. The van der Waals surface area contributed by atoms with Gasteiger partial charge in [-0.25, -0.2) is 0 Å². The van der Waals surface area contributed by atoms with Crippen LogP contribution in [0, 0.1) is 0 Å². The molecule has 100 valence electrons. The standard InChI is InChI=1S/C14H21ClN2S/c1-2-3-4-5-6-11-16-14(18)17-13-9-7-12(15)8-10-13/h7-10H,2-6,11H2,1H3,(H2,16,17,18). The fourth-order valence-corrected chi connectivity index (χ4v) is 1.98. The van der Waals surface area contributed by atoms with Crippen molar-refractivity contribution >= 4 is 34.6 Å². The highest BCUT2D eigenvalue weighted by Gasteiger charge is 1.97. The van der Waals surface area contributed by atoms with Gasteiger partial charge in [0.2, 0.25) is 0 Å². The molecule has 18 heavy (non-hydrogen) atoms. The zero-order valence-corrected chi connectivity index (χ0v) is 12.4. The van der Waals surface area contributed by atoms with E-state index in [2.05, 4.69) is 17.6 Å². The zero-order chi connectivity index (χ0) is 13.2. The van der Waals surface area contributed by atoms with Gasteiger partial charge in [0.15, 0.2) is 5.11 Å². The van der Waals surface area contributed by atoms with Gasteiger partial charge in [-0.1, -0.05) is 44.2 Å². The van der Waals surface area contributed by atoms with Crippen molar-refractivity contribution in [2.24, 2.45) is 0 Å². The summed E-state index contributed by atoms with van der Waals surface area (Å²) in [5.41, 5.74) is 0.961. The molecule has 0 atom stereocenters. The molecular formula is C14H21ClN2S. The lowest BCUT2D eigenvalue weighted by Crippen LogP contribution is -2.29. The summed E-state index contributed by atoms with van der Waals surface area (Å²) in [4.78, 5) is 0. The summed E-state index contributed by atoms with van der Waals surface area (Å²) >= 11 is 11.0. The van der Waals surface area contributed by atoms with Gasteiger partial charge in [-0.15, -0.1) is 0 Å². The molecule has 0 fully saturated rings. The van der Waals surface area contributed by atoms with Crippen molar-refractivity contribution in [3.63, 3.8) is 0 Å². The topological polar surface area (TPSA) is 24.1 Å². The SMILES string of the molecule is CCCCCCCNC(=S)Nc1ccc(Cl)cc1. The largest absolute Gasteiger partial charge is 0.362 e. The van der Waals surface area contributed by atoms with Crippen molar-refractivity contribution in [3.8, 4) is 0 Å². The summed E-state index contributed by atoms with van der Waals surface area (Å²) in [5.74, 6) is 0. The van der Waals surface area contributed by atoms with Gasteiger partial charge in [-0.2, -0.15) is 0 Å². The second-order valence-corrected chi connectivity index (χ2v) is 5.15. The lowest BCUT2D eigenvalue weighted by atomic mass is 10.1. The third kappa shape index (κ3) is 6.82. The lowest BCUT2D eigenvalue weighted by molar-refractivity contribution is 0.625. The maximum atomic E-state index is 5.82. The van der Waals surface area contributed by atoms with Crippen LogP contribution >= 0.6 is 23.8 Å². The molecule has 1 rings (SSSR count). The molecule has 2 nitrogen and oxygen atoms in total. The highest BCUT2D eigenvalue weighted by atomic mass is 35.5. The fourth-order valence-electron chi connectivity index (χ4n) is 1.64. The van der Waals surface area contributed by atoms with Gasteiger partial charge in [0.05, 0.1) is 0 Å². The Morgan fingerprint density at radius 3 is 2.44 bits per heavy atom. The first-order chi connectivity index (χ1) is 8.72. The lowest BCUT2D eigenvalue weighted by Gasteiger charge is -2.10. The molecule has 0 heterocycles. The third-order valence-electron chi connectivity index (χ3n) is 2.67. The number of nitrogens with one attached hydrogen (secondary N) is 2. The highest BCUT2D eigenvalue weighted by Crippen LogP contribution is 2.13. The highest BCUT2D eigenvalue weighted by molar-refractivity contribution is 7.80. The minimum atomic E-state index is 0.674. The number of benzene rings is 1. The van der Waals surface area contributed by atoms with Gasteiger partial charge >= 0.3 is 0 Å². The Kier molecular flexibility index (Phi) is 7.78. The van der Waals surface area contributed by atoms with Gasteiger partial charge in [-0.3, -0.25) is 0 Å². The second kappa shape index (κ2) is 9.17. The molecule has 0 bridgehead atoms. The van der Waals surface area contributed by atoms with Crippen LogP contribution in [0.4, 0.5) is 5.69 Å². The molecule has 0 aliphatic heterocycles. The molecule has 1 aromatic rings. The second-order valence-electron chi connectivity index (χ2n) is 4.30. The molecule has 0 aliphatic carbocycles. The third-order valence-corrected chi connectivity index (χ3v) is 3.17. The fraction of sp³-hybridized carbons (Fsp3) is 0.500. The van der Waals surface area contributed by atoms with Crippen molar-refractivity contribution in [3.05, 3.63) is 29.3 Å². The Morgan fingerprint density at radius 1 is 1.11 bits per heavy atom. The quantitative estimate of drug-likeness (QED) is 0.565. The number of halogens is 1. The van der Waals surface area contributed by atoms with Crippen molar-refractivity contribution in [1.82, 2.24) is 5.32 Å². The van der Waals surface area contributed by atoms with Crippen LogP contribution in [0.15, 0.2) is 24.3 Å². The van der Waals surface area contributed by atoms with Gasteiger partial charge in [-0.05, 0) is 42.9 Å². The smallest absolute Gasteiger partial charge is 0.170 e. The van der Waals surface area contributed by atoms with E-state index in [0.717, 1.165) is 17.3 Å². The van der Waals surface area contributed by atoms with Crippen LogP contribution in [0.5, 0.6) is 0 Å². The average Bonchev–Trinajstić information content (AvgIpc) is 2.36. The molecular weight excluding hydrogens is 264 g/mol. The van der Waals surface area contributed by atoms with Crippen LogP contribution in [-0.2, 0) is 0 Å². The summed E-state index contributed by atoms with van der Waals surface area (Å²) in [5, 5.41) is 7.75. The Hall–Kier alpha value is -0.800. The van der Waals surface area contributed by atoms with Crippen LogP contribution < -0.4 is 10.6 Å². The van der Waals surface area contributed by atoms with Crippen LogP contribution in [-0.4, -0.2) is 11.7 Å². The van der Waals surface area contributed by atoms with Gasteiger partial charge < -0.3 is 10.6 Å². The van der Waals surface area contributed by atoms with Gasteiger partial charge in [0, 0.05) is 17.3 Å². The maximum Gasteiger partial charge on any atom is 0.170 e. The Balaban J connectivity index is 2.12. The summed E-state index contributed by atoms with van der Waals surface area (Å²) in [6, 6.07) is 7.52. The predicted molar refractivity (Wildman–Crippen MR) is 84.4 cm³/mol. The van der Waals surface area contributed by atoms with Crippen molar-refractivity contribution < 1.29 is 0 Å². The Labute approximate surface area is 120 Å². The molecule has 0 saturated heterocycles. The van der Waals surface area contributed by atoms with E-state index in [4.69, 9.17) is 23.8 Å². The van der Waals surface area contributed by atoms with Crippen LogP contribution in [0.1, 0.15) is 39.0 Å². The monoisotopic (exact) mass is 284 g/mol. The van der Waals surface area contributed by atoms with E-state index in [0.29, 0.717) is 5.11 Å². The molecule has 0 aliphatic rings. The molecule has 0 aromatic heterocycles. The number of anilines is 1. The molecule has 0 amide bonds. The number of unbranched alkanes of at least 4 members (excludes halogenated alkanes) is 4. The zero-order valence-electron chi connectivity index (χ0n) is 10.8. The van der Waals surface area contributed by atoms with Crippen LogP contribution in [0.25, 0.3) is 0 Å². The minimum absolute atomic E-state index is 0.674. The van der Waals surface area contributed by atoms with Crippen LogP contribution in [0.3, 0.4) is 0 Å². The van der Waals surface area contributed by atoms with E-state index in [1.807, 2.05) is 24.3 Å². The molecule has 0 unspecified atom stereocenters. The van der Waals surface area contributed by atoms with Crippen LogP contribution in [0.2, 0.25) is 5.02 Å². The average molecular weight is 285 g/mol. The molecule has 0 saturated carbocycles. The van der Waals surface area contributed by atoms with E-state index in [1.54, 1.807) is 0 Å². The number of thiocarbonyl (C=S) groups is 1. The van der Waals surface area contributed by atoms with E-state index in [9.17, 15) is 0 Å². The van der Waals surface area contributed by atoms with E-state index >= 15 is 0 Å². The molecule has 0 spiro atoms. The van der Waals surface area contributed by atoms with E-state index in [-0.39, 0.29) is 0 Å². The first kappa shape index (κ1) is 15.3. The molecule has 2 N–H and O–H groups in total. The predicted octanol–water partition coefficient (Wildman–Crippen LogP) is 4.60. The normalized spacial score (nSPS) is 10.1. The summed E-state index contributed by atoms with van der Waals surface area (Å²) < 4.78 is 0. The van der Waals surface area contributed by atoms with E-state index < -0.39 is 0 Å². The number of rotatable bonds is 7. The number of hydrogen-bond donors (Lipinski definition) is 2. The summed E-state index contributed by atoms with van der Waals surface area (Å²) in [7, 11) is 0. The molecule has 0 radical (unpaired) electrons. The minimum Gasteiger partial charge on any atom is -0.362 e. The van der Waals surface area contributed by atoms with Crippen molar-refractivity contribution in [2.45, 2.75) is 39.0 Å². The first-order valence-electron chi connectivity index (χ1n) is 6.53. The van der Waals surface area contributed by atoms with Gasteiger partial charge in [0.1, 0.15) is 0 Å². The van der Waals surface area contributed by atoms with Crippen molar-refractivity contribution in [1.29, 1.82) is 0 Å². The Morgan fingerprint density at radius 2 is 1.78 bits per heavy atom. The van der Waals surface area contributed by atoms with Gasteiger partial charge in [0.25, 0.3) is 0 Å². The molecule has 4 heteroatoms. The van der Waals surface area contributed by atoms with E-state index in [1.165, 1.54) is 32.1 Å². The first-order valence-corrected chi connectivity index (χ1v) is 7.31. The molecule has 1 aromatic carbocycles. The summed E-state index contributed by atoms with van der Waals surface area (Å²) in [6.45, 7) is 3.16. The Bertz CT molecular complexity index is 351. The van der Waals surface area contributed by atoms with Crippen molar-refractivity contribution in [2.75, 3.05) is 11.9 Å². The summed E-state index contributed by atoms with van der Waals surface area (Å²) in [6.07, 6.45) is 6.36. The number of hydrogen-bond acceptors (Lipinski definition) is 1.